The molecular formula is C15H25NO. The summed E-state index contributed by atoms with van der Waals surface area (Å²) in [5.41, 5.74) is 2.17. The van der Waals surface area contributed by atoms with Crippen LogP contribution in [0, 0.1) is 5.92 Å². The van der Waals surface area contributed by atoms with Gasteiger partial charge < -0.3 is 10.0 Å². The van der Waals surface area contributed by atoms with Gasteiger partial charge in [0, 0.05) is 19.8 Å². The van der Waals surface area contributed by atoms with Crippen LogP contribution in [-0.2, 0) is 0 Å². The van der Waals surface area contributed by atoms with Gasteiger partial charge in [-0.25, -0.2) is 0 Å². The third kappa shape index (κ3) is 4.39. The van der Waals surface area contributed by atoms with Gasteiger partial charge in [-0.2, -0.15) is 0 Å². The highest BCUT2D eigenvalue weighted by Crippen LogP contribution is 2.26. The molecule has 0 bridgehead atoms. The largest absolute Gasteiger partial charge is 0.388 e. The predicted octanol–water partition coefficient (Wildman–Crippen LogP) is 3.61. The van der Waals surface area contributed by atoms with Crippen molar-refractivity contribution in [1.82, 2.24) is 0 Å². The van der Waals surface area contributed by atoms with E-state index in [1.165, 1.54) is 12.8 Å². The third-order valence-electron chi connectivity index (χ3n) is 3.18. The maximum absolute atomic E-state index is 10.2. The fourth-order valence-electron chi connectivity index (χ4n) is 2.14. The maximum atomic E-state index is 10.2. The first-order valence-electron chi connectivity index (χ1n) is 6.50. The van der Waals surface area contributed by atoms with Crippen molar-refractivity contribution in [3.05, 3.63) is 29.8 Å². The highest BCUT2D eigenvalue weighted by Gasteiger charge is 2.12. The molecule has 0 fully saturated rings. The minimum Gasteiger partial charge on any atom is -0.388 e. The zero-order valence-electron chi connectivity index (χ0n) is 11.5. The van der Waals surface area contributed by atoms with E-state index in [4.69, 9.17) is 0 Å². The van der Waals surface area contributed by atoms with Crippen LogP contribution in [0.1, 0.15) is 44.8 Å². The lowest BCUT2D eigenvalue weighted by Crippen LogP contribution is -2.10. The zero-order chi connectivity index (χ0) is 12.8. The van der Waals surface area contributed by atoms with Crippen LogP contribution < -0.4 is 4.90 Å². The highest BCUT2D eigenvalue weighted by atomic mass is 16.3. The lowest BCUT2D eigenvalue weighted by atomic mass is 9.95. The molecule has 17 heavy (non-hydrogen) atoms. The normalized spacial score (nSPS) is 14.4. The number of hydrogen-bond acceptors (Lipinski definition) is 2. The Hall–Kier alpha value is -1.02. The molecule has 0 aromatic heterocycles. The van der Waals surface area contributed by atoms with Crippen molar-refractivity contribution in [2.75, 3.05) is 19.0 Å². The number of rotatable bonds is 6. The molecule has 1 aromatic carbocycles. The number of hydrogen-bond donors (Lipinski definition) is 1. The van der Waals surface area contributed by atoms with Gasteiger partial charge in [-0.05, 0) is 30.0 Å². The van der Waals surface area contributed by atoms with E-state index in [1.807, 2.05) is 26.2 Å². The summed E-state index contributed by atoms with van der Waals surface area (Å²) < 4.78 is 0. The van der Waals surface area contributed by atoms with Crippen molar-refractivity contribution in [3.63, 3.8) is 0 Å². The van der Waals surface area contributed by atoms with E-state index in [0.29, 0.717) is 5.92 Å². The Labute approximate surface area is 105 Å². The SMILES string of the molecule is CCCC(C)CC(O)c1cccc(N(C)C)c1. The zero-order valence-corrected chi connectivity index (χ0v) is 11.5. The summed E-state index contributed by atoms with van der Waals surface area (Å²) in [6, 6.07) is 8.16. The van der Waals surface area contributed by atoms with Crippen LogP contribution in [0.3, 0.4) is 0 Å². The molecule has 0 radical (unpaired) electrons. The fraction of sp³-hybridized carbons (Fsp3) is 0.600. The van der Waals surface area contributed by atoms with Gasteiger partial charge in [0.2, 0.25) is 0 Å². The smallest absolute Gasteiger partial charge is 0.0793 e. The van der Waals surface area contributed by atoms with Crippen molar-refractivity contribution in [1.29, 1.82) is 0 Å². The molecule has 1 N–H and O–H groups in total. The molecule has 2 unspecified atom stereocenters. The minimum atomic E-state index is -0.337. The topological polar surface area (TPSA) is 23.5 Å². The second-order valence-electron chi connectivity index (χ2n) is 5.13. The predicted molar refractivity (Wildman–Crippen MR) is 74.4 cm³/mol. The van der Waals surface area contributed by atoms with Gasteiger partial charge in [0.1, 0.15) is 0 Å². The van der Waals surface area contributed by atoms with Crippen LogP contribution in [0.5, 0.6) is 0 Å². The van der Waals surface area contributed by atoms with Crippen molar-refractivity contribution in [2.45, 2.75) is 39.2 Å². The van der Waals surface area contributed by atoms with Crippen molar-refractivity contribution in [3.8, 4) is 0 Å². The molecule has 2 heteroatoms. The molecule has 0 saturated carbocycles. The van der Waals surface area contributed by atoms with Crippen LogP contribution in [-0.4, -0.2) is 19.2 Å². The van der Waals surface area contributed by atoms with Gasteiger partial charge in [-0.1, -0.05) is 38.8 Å². The Kier molecular flexibility index (Phi) is 5.49. The molecule has 0 aliphatic rings. The highest BCUT2D eigenvalue weighted by molar-refractivity contribution is 5.47. The first-order chi connectivity index (χ1) is 8.04. The molecule has 0 aliphatic heterocycles. The van der Waals surface area contributed by atoms with E-state index in [-0.39, 0.29) is 6.10 Å². The Morgan fingerprint density at radius 3 is 2.59 bits per heavy atom. The van der Waals surface area contributed by atoms with Gasteiger partial charge in [0.15, 0.2) is 0 Å². The number of aliphatic hydroxyl groups is 1. The van der Waals surface area contributed by atoms with Gasteiger partial charge in [0.25, 0.3) is 0 Å². The standard InChI is InChI=1S/C15H25NO/c1-5-7-12(2)10-15(17)13-8-6-9-14(11-13)16(3)4/h6,8-9,11-12,15,17H,5,7,10H2,1-4H3. The van der Waals surface area contributed by atoms with E-state index < -0.39 is 0 Å². The van der Waals surface area contributed by atoms with Crippen LogP contribution >= 0.6 is 0 Å². The van der Waals surface area contributed by atoms with Crippen molar-refractivity contribution in [2.24, 2.45) is 5.92 Å². The first-order valence-corrected chi connectivity index (χ1v) is 6.50. The van der Waals surface area contributed by atoms with E-state index in [0.717, 1.165) is 17.7 Å². The van der Waals surface area contributed by atoms with Crippen LogP contribution in [0.15, 0.2) is 24.3 Å². The molecule has 2 nitrogen and oxygen atoms in total. The molecule has 1 aromatic rings. The molecule has 0 aliphatic carbocycles. The van der Waals surface area contributed by atoms with Crippen molar-refractivity contribution >= 4 is 5.69 Å². The lowest BCUT2D eigenvalue weighted by molar-refractivity contribution is 0.145. The monoisotopic (exact) mass is 235 g/mol. The Balaban J connectivity index is 2.68. The summed E-state index contributed by atoms with van der Waals surface area (Å²) in [6.45, 7) is 4.40. The summed E-state index contributed by atoms with van der Waals surface area (Å²) in [7, 11) is 4.04. The molecule has 0 amide bonds. The fourth-order valence-corrected chi connectivity index (χ4v) is 2.14. The number of benzene rings is 1. The second-order valence-corrected chi connectivity index (χ2v) is 5.13. The Bertz CT molecular complexity index is 335. The Morgan fingerprint density at radius 2 is 2.00 bits per heavy atom. The van der Waals surface area contributed by atoms with E-state index >= 15 is 0 Å². The molecule has 0 spiro atoms. The molecule has 0 saturated heterocycles. The quantitative estimate of drug-likeness (QED) is 0.814. The first kappa shape index (κ1) is 14.0. The van der Waals surface area contributed by atoms with E-state index in [9.17, 15) is 5.11 Å². The second kappa shape index (κ2) is 6.65. The van der Waals surface area contributed by atoms with E-state index in [1.54, 1.807) is 0 Å². The number of anilines is 1. The summed E-state index contributed by atoms with van der Waals surface area (Å²) in [6.07, 6.45) is 2.89. The summed E-state index contributed by atoms with van der Waals surface area (Å²) >= 11 is 0. The average Bonchev–Trinajstić information content (AvgIpc) is 2.29. The molecule has 0 heterocycles. The average molecular weight is 235 g/mol. The summed E-state index contributed by atoms with van der Waals surface area (Å²) in [5, 5.41) is 10.2. The van der Waals surface area contributed by atoms with Gasteiger partial charge in [0.05, 0.1) is 6.10 Å². The molecule has 2 atom stereocenters. The summed E-state index contributed by atoms with van der Waals surface area (Å²) in [4.78, 5) is 2.06. The number of aliphatic hydroxyl groups excluding tert-OH is 1. The number of nitrogens with zero attached hydrogens (tertiary/aromatic N) is 1. The lowest BCUT2D eigenvalue weighted by Gasteiger charge is -2.19. The van der Waals surface area contributed by atoms with Crippen LogP contribution in [0.2, 0.25) is 0 Å². The van der Waals surface area contributed by atoms with E-state index in [2.05, 4.69) is 30.9 Å². The third-order valence-corrected chi connectivity index (χ3v) is 3.18. The van der Waals surface area contributed by atoms with Gasteiger partial charge in [-0.15, -0.1) is 0 Å². The van der Waals surface area contributed by atoms with Gasteiger partial charge in [-0.3, -0.25) is 0 Å². The molecular weight excluding hydrogens is 210 g/mol. The molecule has 96 valence electrons. The van der Waals surface area contributed by atoms with Gasteiger partial charge >= 0.3 is 0 Å². The van der Waals surface area contributed by atoms with Crippen LogP contribution in [0.4, 0.5) is 5.69 Å². The molecule has 1 rings (SSSR count). The summed E-state index contributed by atoms with van der Waals surface area (Å²) in [5.74, 6) is 0.581. The Morgan fingerprint density at radius 1 is 1.29 bits per heavy atom. The maximum Gasteiger partial charge on any atom is 0.0793 e. The van der Waals surface area contributed by atoms with Crippen molar-refractivity contribution < 1.29 is 5.11 Å². The van der Waals surface area contributed by atoms with Crippen LogP contribution in [0.25, 0.3) is 0 Å². The minimum absolute atomic E-state index is 0.337.